The molecular weight excluding hydrogens is 288 g/mol. The molecule has 4 rings (SSSR count). The highest BCUT2D eigenvalue weighted by Crippen LogP contribution is 2.56. The molecule has 0 saturated carbocycles. The predicted molar refractivity (Wildman–Crippen MR) is 62.6 cm³/mol. The molecule has 4 heterocycles. The first kappa shape index (κ1) is 12.9. The van der Waals surface area contributed by atoms with E-state index in [1.807, 2.05) is 0 Å². The molecule has 0 aromatic heterocycles. The molecule has 1 spiro atoms. The van der Waals surface area contributed by atoms with Crippen LogP contribution in [0.15, 0.2) is 0 Å². The lowest BCUT2D eigenvalue weighted by Crippen LogP contribution is -2.62. The number of nitrogens with one attached hydrogen (secondary N) is 1. The van der Waals surface area contributed by atoms with E-state index in [0.717, 1.165) is 0 Å². The Hall–Kier alpha value is -0.760. The van der Waals surface area contributed by atoms with Gasteiger partial charge in [0, 0.05) is 6.54 Å². The van der Waals surface area contributed by atoms with E-state index in [4.69, 9.17) is 18.4 Å². The fourth-order valence-corrected chi connectivity index (χ4v) is 5.43. The summed E-state index contributed by atoms with van der Waals surface area (Å²) >= 11 is 0. The summed E-state index contributed by atoms with van der Waals surface area (Å²) in [6.45, 7) is 3.74. The average molecular weight is 302 g/mol. The fourth-order valence-electron chi connectivity index (χ4n) is 3.69. The van der Waals surface area contributed by atoms with Crippen molar-refractivity contribution in [3.05, 3.63) is 0 Å². The van der Waals surface area contributed by atoms with Gasteiger partial charge in [0.05, 0.1) is 6.07 Å². The van der Waals surface area contributed by atoms with E-state index in [0.29, 0.717) is 6.54 Å². The zero-order valence-electron chi connectivity index (χ0n) is 11.0. The Labute approximate surface area is 116 Å². The van der Waals surface area contributed by atoms with Crippen molar-refractivity contribution >= 4 is 10.1 Å². The maximum Gasteiger partial charge on any atom is 0.271 e. The topological polar surface area (TPSA) is 107 Å². The molecule has 0 aliphatic carbocycles. The number of nitrogens with zero attached hydrogens (tertiary/aromatic N) is 1. The zero-order valence-corrected chi connectivity index (χ0v) is 11.8. The third-order valence-corrected chi connectivity index (χ3v) is 5.68. The van der Waals surface area contributed by atoms with Crippen molar-refractivity contribution in [1.29, 1.82) is 5.26 Å². The summed E-state index contributed by atoms with van der Waals surface area (Å²) in [6.07, 6.45) is -2.07. The lowest BCUT2D eigenvalue weighted by molar-refractivity contribution is -0.220. The van der Waals surface area contributed by atoms with Crippen molar-refractivity contribution in [2.75, 3.05) is 12.3 Å². The van der Waals surface area contributed by atoms with Crippen LogP contribution in [0.3, 0.4) is 0 Å². The first-order chi connectivity index (χ1) is 9.24. The maximum absolute atomic E-state index is 11.9. The van der Waals surface area contributed by atoms with Crippen molar-refractivity contribution in [2.45, 2.75) is 49.3 Å². The van der Waals surface area contributed by atoms with Crippen LogP contribution < -0.4 is 5.32 Å². The number of hydrogen-bond acceptors (Lipinski definition) is 8. The molecule has 110 valence electrons. The minimum absolute atomic E-state index is 0.323. The minimum Gasteiger partial charge on any atom is -0.342 e. The van der Waals surface area contributed by atoms with E-state index in [2.05, 4.69) is 11.4 Å². The largest absolute Gasteiger partial charge is 0.342 e. The van der Waals surface area contributed by atoms with Crippen LogP contribution in [0.25, 0.3) is 0 Å². The molecule has 4 aliphatic heterocycles. The summed E-state index contributed by atoms with van der Waals surface area (Å²) in [4.78, 5) is 0. The van der Waals surface area contributed by atoms with Gasteiger partial charge in [-0.1, -0.05) is 0 Å². The maximum atomic E-state index is 11.9. The first-order valence-corrected chi connectivity index (χ1v) is 7.92. The van der Waals surface area contributed by atoms with Gasteiger partial charge in [0.15, 0.2) is 23.2 Å². The van der Waals surface area contributed by atoms with Crippen LogP contribution in [0.5, 0.6) is 0 Å². The Morgan fingerprint density at radius 2 is 2.10 bits per heavy atom. The molecule has 5 atom stereocenters. The second-order valence-electron chi connectivity index (χ2n) is 6.03. The summed E-state index contributed by atoms with van der Waals surface area (Å²) in [5.74, 6) is -1.32. The van der Waals surface area contributed by atoms with Gasteiger partial charge in [-0.3, -0.25) is 9.50 Å². The molecule has 9 heteroatoms. The third kappa shape index (κ3) is 1.30. The molecule has 0 aromatic rings. The van der Waals surface area contributed by atoms with Crippen LogP contribution in [0.1, 0.15) is 13.8 Å². The Bertz CT molecular complexity index is 627. The highest BCUT2D eigenvalue weighted by atomic mass is 32.2. The highest BCUT2D eigenvalue weighted by molar-refractivity contribution is 7.87. The third-order valence-electron chi connectivity index (χ3n) is 4.36. The molecule has 4 aliphatic rings. The van der Waals surface area contributed by atoms with E-state index in [1.54, 1.807) is 13.8 Å². The predicted octanol–water partition coefficient (Wildman–Crippen LogP) is -1.17. The van der Waals surface area contributed by atoms with Crippen molar-refractivity contribution in [1.82, 2.24) is 5.32 Å². The summed E-state index contributed by atoms with van der Waals surface area (Å²) in [6, 6.07) is 2.07. The molecule has 0 unspecified atom stereocenters. The molecular formula is C11H14N2O6S. The van der Waals surface area contributed by atoms with Gasteiger partial charge < -0.3 is 14.2 Å². The lowest BCUT2D eigenvalue weighted by Gasteiger charge is -2.34. The summed E-state index contributed by atoms with van der Waals surface area (Å²) in [5.41, 5.74) is -2.74. The number of nitriles is 1. The Morgan fingerprint density at radius 1 is 1.35 bits per heavy atom. The van der Waals surface area contributed by atoms with Gasteiger partial charge in [-0.15, -0.1) is 0 Å². The number of rotatable bonds is 0. The molecule has 0 aromatic carbocycles. The van der Waals surface area contributed by atoms with Crippen molar-refractivity contribution < 1.29 is 26.8 Å². The molecule has 4 saturated heterocycles. The summed E-state index contributed by atoms with van der Waals surface area (Å²) in [7, 11) is -3.82. The number of fused-ring (bicyclic) bond motifs is 1. The van der Waals surface area contributed by atoms with Gasteiger partial charge >= 0.3 is 0 Å². The van der Waals surface area contributed by atoms with E-state index in [9.17, 15) is 13.7 Å². The summed E-state index contributed by atoms with van der Waals surface area (Å²) in [5, 5.41) is 12.5. The van der Waals surface area contributed by atoms with Crippen LogP contribution in [-0.2, 0) is 28.5 Å². The Kier molecular flexibility index (Phi) is 2.17. The van der Waals surface area contributed by atoms with E-state index >= 15 is 0 Å². The normalized spacial score (nSPS) is 54.1. The lowest BCUT2D eigenvalue weighted by atomic mass is 9.79. The van der Waals surface area contributed by atoms with Crippen LogP contribution in [0, 0.1) is 11.3 Å². The molecule has 0 amide bonds. The zero-order chi connectivity index (χ0) is 14.4. The first-order valence-electron chi connectivity index (χ1n) is 6.34. The quantitative estimate of drug-likeness (QED) is 0.558. The molecule has 0 bridgehead atoms. The van der Waals surface area contributed by atoms with Crippen LogP contribution >= 0.6 is 0 Å². The van der Waals surface area contributed by atoms with E-state index in [1.165, 1.54) is 0 Å². The fraction of sp³-hybridized carbons (Fsp3) is 0.909. The monoisotopic (exact) mass is 302 g/mol. The number of ether oxygens (including phenoxy) is 3. The molecule has 8 nitrogen and oxygen atoms in total. The molecule has 4 fully saturated rings. The molecule has 1 N–H and O–H groups in total. The second kappa shape index (κ2) is 3.35. The minimum atomic E-state index is -3.82. The SMILES string of the molecule is CC1(C)O[C@H]2O[C@@H]3CN[C@@]4(C#N)CS(=O)(=O)O[C@@]34[C@H]2O1. The van der Waals surface area contributed by atoms with Gasteiger partial charge in [-0.25, -0.2) is 0 Å². The number of hydrogen-bond donors (Lipinski definition) is 1. The highest BCUT2D eigenvalue weighted by Gasteiger charge is 2.81. The smallest absolute Gasteiger partial charge is 0.271 e. The van der Waals surface area contributed by atoms with Gasteiger partial charge in [0.25, 0.3) is 10.1 Å². The Morgan fingerprint density at radius 3 is 2.80 bits per heavy atom. The molecule has 0 radical (unpaired) electrons. The summed E-state index contributed by atoms with van der Waals surface area (Å²) < 4.78 is 46.3. The van der Waals surface area contributed by atoms with Crippen LogP contribution in [-0.4, -0.2) is 56.1 Å². The van der Waals surface area contributed by atoms with Gasteiger partial charge in [0.1, 0.15) is 18.0 Å². The standard InChI is InChI=1S/C11H14N2O6S/c1-9(2)17-7-8(18-9)16-6-3-13-10(4-12)5-20(14,15)19-11(6,7)10/h6-8,13H,3,5H2,1-2H3/t6-,7+,8-,10+,11-/m1/s1. The van der Waals surface area contributed by atoms with Gasteiger partial charge in [0.2, 0.25) is 0 Å². The Balaban J connectivity index is 1.87. The van der Waals surface area contributed by atoms with Crippen molar-refractivity contribution in [3.63, 3.8) is 0 Å². The average Bonchev–Trinajstić information content (AvgIpc) is 2.92. The van der Waals surface area contributed by atoms with Crippen molar-refractivity contribution in [3.8, 4) is 6.07 Å². The van der Waals surface area contributed by atoms with E-state index in [-0.39, 0.29) is 0 Å². The van der Waals surface area contributed by atoms with Crippen LogP contribution in [0.4, 0.5) is 0 Å². The van der Waals surface area contributed by atoms with Crippen molar-refractivity contribution in [2.24, 2.45) is 0 Å². The van der Waals surface area contributed by atoms with Gasteiger partial charge in [-0.05, 0) is 13.8 Å². The second-order valence-corrected chi connectivity index (χ2v) is 7.60. The van der Waals surface area contributed by atoms with Crippen LogP contribution in [0.2, 0.25) is 0 Å². The van der Waals surface area contributed by atoms with Gasteiger partial charge in [-0.2, -0.15) is 13.7 Å². The molecule has 20 heavy (non-hydrogen) atoms. The van der Waals surface area contributed by atoms with E-state index < -0.39 is 51.3 Å².